The van der Waals surface area contributed by atoms with Crippen molar-refractivity contribution in [2.45, 2.75) is 6.92 Å². The number of rotatable bonds is 3. The molecule has 0 aliphatic rings. The quantitative estimate of drug-likeness (QED) is 0.762. The smallest absolute Gasteiger partial charge is 0.241 e. The molecule has 2 heterocycles. The predicted octanol–water partition coefficient (Wildman–Crippen LogP) is 1.83. The number of nitrogens with one attached hydrogen (secondary N) is 1. The summed E-state index contributed by atoms with van der Waals surface area (Å²) in [5.74, 6) is 0.310. The lowest BCUT2D eigenvalue weighted by molar-refractivity contribution is 0.619. The summed E-state index contributed by atoms with van der Waals surface area (Å²) in [5.41, 5.74) is 6.76. The number of hydrogen-bond donors (Lipinski definition) is 2. The maximum Gasteiger partial charge on any atom is 0.241 e. The van der Waals surface area contributed by atoms with E-state index in [1.54, 1.807) is 42.3 Å². The Kier molecular flexibility index (Phi) is 3.19. The average Bonchev–Trinajstić information content (AvgIpc) is 2.96. The number of aryl methyl sites for hydroxylation is 1. The number of nitrogens with two attached hydrogens (primary N) is 1. The predicted molar refractivity (Wildman–Crippen MR) is 75.8 cm³/mol. The molecule has 106 valence electrons. The molecule has 0 spiro atoms. The Hall–Kier alpha value is -3.03. The molecule has 7 nitrogen and oxygen atoms in total. The first-order valence-corrected chi connectivity index (χ1v) is 6.15. The van der Waals surface area contributed by atoms with E-state index < -0.39 is 0 Å². The van der Waals surface area contributed by atoms with Gasteiger partial charge in [-0.3, -0.25) is 4.57 Å². The van der Waals surface area contributed by atoms with Crippen LogP contribution in [-0.4, -0.2) is 24.5 Å². The van der Waals surface area contributed by atoms with E-state index in [1.807, 2.05) is 0 Å². The van der Waals surface area contributed by atoms with Crippen molar-refractivity contribution in [3.8, 4) is 5.95 Å². The van der Waals surface area contributed by atoms with Crippen molar-refractivity contribution in [1.82, 2.24) is 24.5 Å². The van der Waals surface area contributed by atoms with Crippen LogP contribution >= 0.6 is 0 Å². The summed E-state index contributed by atoms with van der Waals surface area (Å²) in [6.45, 7) is 1.69. The van der Waals surface area contributed by atoms with Gasteiger partial charge in [-0.15, -0.1) is 0 Å². The molecule has 1 aromatic carbocycles. The molecule has 3 N–H and O–H groups in total. The van der Waals surface area contributed by atoms with Gasteiger partial charge in [0.15, 0.2) is 0 Å². The lowest BCUT2D eigenvalue weighted by Gasteiger charge is -2.08. The van der Waals surface area contributed by atoms with Crippen LogP contribution in [0.1, 0.15) is 5.56 Å². The van der Waals surface area contributed by atoms with Gasteiger partial charge in [-0.25, -0.2) is 9.37 Å². The number of benzene rings is 1. The van der Waals surface area contributed by atoms with Crippen LogP contribution in [0.3, 0.4) is 0 Å². The van der Waals surface area contributed by atoms with Gasteiger partial charge in [-0.2, -0.15) is 15.0 Å². The highest BCUT2D eigenvalue weighted by Crippen LogP contribution is 2.17. The van der Waals surface area contributed by atoms with Crippen molar-refractivity contribution >= 4 is 17.6 Å². The van der Waals surface area contributed by atoms with Crippen molar-refractivity contribution in [3.63, 3.8) is 0 Å². The molecule has 0 unspecified atom stereocenters. The Morgan fingerprint density at radius 2 is 2.10 bits per heavy atom. The van der Waals surface area contributed by atoms with Crippen molar-refractivity contribution in [2.24, 2.45) is 0 Å². The van der Waals surface area contributed by atoms with Crippen LogP contribution in [0.15, 0.2) is 36.9 Å². The first-order chi connectivity index (χ1) is 10.1. The number of hydrogen-bond acceptors (Lipinski definition) is 6. The van der Waals surface area contributed by atoms with Crippen molar-refractivity contribution < 1.29 is 4.39 Å². The van der Waals surface area contributed by atoms with Crippen LogP contribution < -0.4 is 11.1 Å². The van der Waals surface area contributed by atoms with E-state index in [0.29, 0.717) is 17.2 Å². The van der Waals surface area contributed by atoms with E-state index >= 15 is 0 Å². The third kappa shape index (κ3) is 2.78. The number of imidazole rings is 1. The van der Waals surface area contributed by atoms with Gasteiger partial charge in [-0.05, 0) is 24.6 Å². The number of anilines is 3. The van der Waals surface area contributed by atoms with Crippen LogP contribution in [-0.2, 0) is 0 Å². The Labute approximate surface area is 119 Å². The molecule has 3 aromatic rings. The normalized spacial score (nSPS) is 10.6. The van der Waals surface area contributed by atoms with Gasteiger partial charge in [0.25, 0.3) is 0 Å². The van der Waals surface area contributed by atoms with Gasteiger partial charge in [0.2, 0.25) is 17.8 Å². The Morgan fingerprint density at radius 1 is 1.24 bits per heavy atom. The van der Waals surface area contributed by atoms with Gasteiger partial charge >= 0.3 is 0 Å². The SMILES string of the molecule is Cc1ccc(Nc2nc(N)nc(-n3ccnc3)n2)cc1F. The fourth-order valence-electron chi connectivity index (χ4n) is 1.73. The molecular formula is C13H12FN7. The lowest BCUT2D eigenvalue weighted by atomic mass is 10.2. The minimum atomic E-state index is -0.308. The summed E-state index contributed by atoms with van der Waals surface area (Å²) >= 11 is 0. The molecule has 0 atom stereocenters. The Bertz CT molecular complexity index is 770. The van der Waals surface area contributed by atoms with Gasteiger partial charge < -0.3 is 11.1 Å². The van der Waals surface area contributed by atoms with Gasteiger partial charge in [-0.1, -0.05) is 6.07 Å². The summed E-state index contributed by atoms with van der Waals surface area (Å²) in [7, 11) is 0. The molecule has 0 radical (unpaired) electrons. The molecule has 21 heavy (non-hydrogen) atoms. The second-order valence-corrected chi connectivity index (χ2v) is 4.38. The minimum Gasteiger partial charge on any atom is -0.368 e. The maximum atomic E-state index is 13.5. The second-order valence-electron chi connectivity index (χ2n) is 4.38. The zero-order valence-corrected chi connectivity index (χ0v) is 11.2. The maximum absolute atomic E-state index is 13.5. The van der Waals surface area contributed by atoms with Crippen LogP contribution in [0.5, 0.6) is 0 Å². The number of nitrogen functional groups attached to an aromatic ring is 1. The number of aromatic nitrogens is 5. The van der Waals surface area contributed by atoms with Crippen LogP contribution in [0, 0.1) is 12.7 Å². The topological polar surface area (TPSA) is 94.5 Å². The Morgan fingerprint density at radius 3 is 2.81 bits per heavy atom. The molecule has 0 saturated heterocycles. The molecule has 3 rings (SSSR count). The summed E-state index contributed by atoms with van der Waals surface area (Å²) in [4.78, 5) is 16.1. The van der Waals surface area contributed by atoms with Crippen molar-refractivity contribution in [2.75, 3.05) is 11.1 Å². The highest BCUT2D eigenvalue weighted by Gasteiger charge is 2.07. The van der Waals surface area contributed by atoms with E-state index in [4.69, 9.17) is 5.73 Å². The highest BCUT2D eigenvalue weighted by molar-refractivity contribution is 5.55. The summed E-state index contributed by atoms with van der Waals surface area (Å²) in [6, 6.07) is 4.76. The first kappa shape index (κ1) is 13.0. The molecule has 2 aromatic heterocycles. The Balaban J connectivity index is 1.93. The fraction of sp³-hybridized carbons (Fsp3) is 0.0769. The van der Waals surface area contributed by atoms with Crippen LogP contribution in [0.25, 0.3) is 5.95 Å². The number of nitrogens with zero attached hydrogens (tertiary/aromatic N) is 5. The second kappa shape index (κ2) is 5.16. The molecule has 0 amide bonds. The largest absolute Gasteiger partial charge is 0.368 e. The van der Waals surface area contributed by atoms with Crippen LogP contribution in [0.4, 0.5) is 22.0 Å². The zero-order valence-electron chi connectivity index (χ0n) is 11.2. The molecule has 0 aliphatic heterocycles. The molecule has 0 bridgehead atoms. The van der Waals surface area contributed by atoms with Crippen LogP contribution in [0.2, 0.25) is 0 Å². The van der Waals surface area contributed by atoms with Gasteiger partial charge in [0.1, 0.15) is 12.1 Å². The monoisotopic (exact) mass is 285 g/mol. The number of halogens is 1. The zero-order chi connectivity index (χ0) is 14.8. The van der Waals surface area contributed by atoms with Gasteiger partial charge in [0.05, 0.1) is 0 Å². The third-order valence-corrected chi connectivity index (χ3v) is 2.80. The summed E-state index contributed by atoms with van der Waals surface area (Å²) < 4.78 is 15.1. The highest BCUT2D eigenvalue weighted by atomic mass is 19.1. The molecule has 0 saturated carbocycles. The van der Waals surface area contributed by atoms with E-state index in [0.717, 1.165) is 0 Å². The minimum absolute atomic E-state index is 0.0591. The molecule has 0 aliphatic carbocycles. The van der Waals surface area contributed by atoms with E-state index in [1.165, 1.54) is 6.07 Å². The van der Waals surface area contributed by atoms with E-state index in [2.05, 4.69) is 25.3 Å². The third-order valence-electron chi connectivity index (χ3n) is 2.80. The van der Waals surface area contributed by atoms with E-state index in [9.17, 15) is 4.39 Å². The lowest BCUT2D eigenvalue weighted by Crippen LogP contribution is -2.08. The molecule has 8 heteroatoms. The summed E-state index contributed by atoms with van der Waals surface area (Å²) in [5, 5.41) is 2.90. The fourth-order valence-corrected chi connectivity index (χ4v) is 1.73. The molecular weight excluding hydrogens is 273 g/mol. The first-order valence-electron chi connectivity index (χ1n) is 6.15. The van der Waals surface area contributed by atoms with Gasteiger partial charge in [0, 0.05) is 18.1 Å². The standard InChI is InChI=1S/C13H12FN7/c1-8-2-3-9(6-10(8)14)17-12-18-11(15)19-13(20-12)21-5-4-16-7-21/h2-7H,1H3,(H3,15,17,18,19,20). The van der Waals surface area contributed by atoms with E-state index in [-0.39, 0.29) is 17.7 Å². The molecule has 0 fully saturated rings. The summed E-state index contributed by atoms with van der Waals surface area (Å²) in [6.07, 6.45) is 4.83. The average molecular weight is 285 g/mol. The van der Waals surface area contributed by atoms with Crippen molar-refractivity contribution in [3.05, 3.63) is 48.3 Å². The van der Waals surface area contributed by atoms with Crippen molar-refractivity contribution in [1.29, 1.82) is 0 Å².